The SMILES string of the molecule is C(=C\c1ccccn1)/CN1CCNCC1. The Morgan fingerprint density at radius 2 is 2.20 bits per heavy atom. The number of nitrogens with zero attached hydrogens (tertiary/aromatic N) is 2. The fourth-order valence-electron chi connectivity index (χ4n) is 1.69. The molecule has 2 heterocycles. The molecule has 1 N–H and O–H groups in total. The largest absolute Gasteiger partial charge is 0.314 e. The second-order valence-electron chi connectivity index (χ2n) is 3.71. The van der Waals surface area contributed by atoms with Crippen molar-refractivity contribution in [2.45, 2.75) is 0 Å². The number of hydrogen-bond acceptors (Lipinski definition) is 3. The van der Waals surface area contributed by atoms with Gasteiger partial charge in [0.05, 0.1) is 5.69 Å². The summed E-state index contributed by atoms with van der Waals surface area (Å²) in [5.41, 5.74) is 1.03. The molecule has 1 fully saturated rings. The Labute approximate surface area is 90.8 Å². The van der Waals surface area contributed by atoms with Gasteiger partial charge in [-0.1, -0.05) is 12.1 Å². The number of hydrogen-bond donors (Lipinski definition) is 1. The summed E-state index contributed by atoms with van der Waals surface area (Å²) in [4.78, 5) is 6.68. The van der Waals surface area contributed by atoms with Crippen LogP contribution in [0.25, 0.3) is 6.08 Å². The van der Waals surface area contributed by atoms with Crippen molar-refractivity contribution in [3.05, 3.63) is 36.2 Å². The summed E-state index contributed by atoms with van der Waals surface area (Å²) in [5, 5.41) is 3.34. The molecule has 3 heteroatoms. The standard InChI is InChI=1S/C12H17N3/c1-2-6-14-12(4-1)5-3-9-15-10-7-13-8-11-15/h1-6,13H,7-11H2/b5-3+. The van der Waals surface area contributed by atoms with E-state index in [1.165, 1.54) is 0 Å². The molecule has 1 aliphatic rings. The Morgan fingerprint density at radius 3 is 2.93 bits per heavy atom. The second kappa shape index (κ2) is 5.63. The zero-order valence-corrected chi connectivity index (χ0v) is 8.89. The highest BCUT2D eigenvalue weighted by atomic mass is 15.2. The van der Waals surface area contributed by atoms with Gasteiger partial charge in [-0.05, 0) is 18.2 Å². The number of pyridine rings is 1. The Hall–Kier alpha value is -1.19. The highest BCUT2D eigenvalue weighted by Crippen LogP contribution is 1.98. The first-order chi connectivity index (χ1) is 7.45. The topological polar surface area (TPSA) is 28.2 Å². The van der Waals surface area contributed by atoms with Gasteiger partial charge < -0.3 is 5.32 Å². The molecular weight excluding hydrogens is 186 g/mol. The Kier molecular flexibility index (Phi) is 3.88. The van der Waals surface area contributed by atoms with Crippen LogP contribution in [0.2, 0.25) is 0 Å². The highest BCUT2D eigenvalue weighted by molar-refractivity contribution is 5.43. The van der Waals surface area contributed by atoms with E-state index in [0.717, 1.165) is 38.4 Å². The van der Waals surface area contributed by atoms with Crippen molar-refractivity contribution in [3.63, 3.8) is 0 Å². The van der Waals surface area contributed by atoms with E-state index in [9.17, 15) is 0 Å². The third kappa shape index (κ3) is 3.46. The van der Waals surface area contributed by atoms with Crippen LogP contribution in [0.3, 0.4) is 0 Å². The van der Waals surface area contributed by atoms with E-state index in [1.54, 1.807) is 0 Å². The summed E-state index contributed by atoms with van der Waals surface area (Å²) >= 11 is 0. The molecule has 0 amide bonds. The van der Waals surface area contributed by atoms with Crippen LogP contribution in [0.1, 0.15) is 5.69 Å². The molecule has 0 saturated carbocycles. The summed E-state index contributed by atoms with van der Waals surface area (Å²) in [6.45, 7) is 5.53. The molecule has 1 aromatic heterocycles. The smallest absolute Gasteiger partial charge is 0.0626 e. The summed E-state index contributed by atoms with van der Waals surface area (Å²) < 4.78 is 0. The second-order valence-corrected chi connectivity index (χ2v) is 3.71. The van der Waals surface area contributed by atoms with E-state index in [1.807, 2.05) is 24.4 Å². The van der Waals surface area contributed by atoms with Crippen LogP contribution in [-0.2, 0) is 0 Å². The lowest BCUT2D eigenvalue weighted by Gasteiger charge is -2.25. The molecule has 3 nitrogen and oxygen atoms in total. The average molecular weight is 203 g/mol. The maximum Gasteiger partial charge on any atom is 0.0626 e. The molecular formula is C12H17N3. The summed E-state index contributed by atoms with van der Waals surface area (Å²) in [5.74, 6) is 0. The monoisotopic (exact) mass is 203 g/mol. The van der Waals surface area contributed by atoms with Crippen molar-refractivity contribution < 1.29 is 0 Å². The highest BCUT2D eigenvalue weighted by Gasteiger charge is 2.06. The quantitative estimate of drug-likeness (QED) is 0.794. The minimum absolute atomic E-state index is 1.03. The fraction of sp³-hybridized carbons (Fsp3) is 0.417. The molecule has 80 valence electrons. The maximum atomic E-state index is 4.24. The lowest BCUT2D eigenvalue weighted by molar-refractivity contribution is 0.265. The van der Waals surface area contributed by atoms with Gasteiger partial charge >= 0.3 is 0 Å². The van der Waals surface area contributed by atoms with Gasteiger partial charge in [-0.3, -0.25) is 9.88 Å². The number of nitrogens with one attached hydrogen (secondary N) is 1. The van der Waals surface area contributed by atoms with Crippen molar-refractivity contribution in [2.24, 2.45) is 0 Å². The van der Waals surface area contributed by atoms with Crippen molar-refractivity contribution >= 4 is 6.08 Å². The van der Waals surface area contributed by atoms with Crippen LogP contribution >= 0.6 is 0 Å². The van der Waals surface area contributed by atoms with Gasteiger partial charge in [0.25, 0.3) is 0 Å². The van der Waals surface area contributed by atoms with E-state index >= 15 is 0 Å². The fourth-order valence-corrected chi connectivity index (χ4v) is 1.69. The van der Waals surface area contributed by atoms with Crippen LogP contribution in [0, 0.1) is 0 Å². The van der Waals surface area contributed by atoms with E-state index < -0.39 is 0 Å². The van der Waals surface area contributed by atoms with Gasteiger partial charge in [-0.15, -0.1) is 0 Å². The molecule has 0 aliphatic carbocycles. The predicted octanol–water partition coefficient (Wildman–Crippen LogP) is 1.000. The molecule has 1 saturated heterocycles. The van der Waals surface area contributed by atoms with Gasteiger partial charge in [0.1, 0.15) is 0 Å². The Balaban J connectivity index is 1.79. The number of piperazine rings is 1. The normalized spacial score (nSPS) is 18.4. The van der Waals surface area contributed by atoms with Crippen molar-refractivity contribution in [1.29, 1.82) is 0 Å². The van der Waals surface area contributed by atoms with Crippen LogP contribution in [-0.4, -0.2) is 42.6 Å². The minimum Gasteiger partial charge on any atom is -0.314 e. The minimum atomic E-state index is 1.03. The van der Waals surface area contributed by atoms with E-state index in [-0.39, 0.29) is 0 Å². The zero-order valence-electron chi connectivity index (χ0n) is 8.89. The van der Waals surface area contributed by atoms with Crippen LogP contribution in [0.4, 0.5) is 0 Å². The molecule has 0 bridgehead atoms. The molecule has 0 aromatic carbocycles. The molecule has 0 spiro atoms. The van der Waals surface area contributed by atoms with Crippen molar-refractivity contribution in [3.8, 4) is 0 Å². The lowest BCUT2D eigenvalue weighted by atomic mass is 10.3. The number of aromatic nitrogens is 1. The first-order valence-corrected chi connectivity index (χ1v) is 5.46. The predicted molar refractivity (Wildman–Crippen MR) is 62.6 cm³/mol. The first kappa shape index (κ1) is 10.3. The number of rotatable bonds is 3. The molecule has 1 aliphatic heterocycles. The molecule has 2 rings (SSSR count). The molecule has 0 unspecified atom stereocenters. The van der Waals surface area contributed by atoms with E-state index in [2.05, 4.69) is 27.4 Å². The van der Waals surface area contributed by atoms with Gasteiger partial charge in [-0.2, -0.15) is 0 Å². The molecule has 1 aromatic rings. The van der Waals surface area contributed by atoms with Crippen molar-refractivity contribution in [1.82, 2.24) is 15.2 Å². The van der Waals surface area contributed by atoms with E-state index in [4.69, 9.17) is 0 Å². The van der Waals surface area contributed by atoms with Gasteiger partial charge in [-0.25, -0.2) is 0 Å². The van der Waals surface area contributed by atoms with E-state index in [0.29, 0.717) is 0 Å². The van der Waals surface area contributed by atoms with Crippen LogP contribution in [0.15, 0.2) is 30.5 Å². The lowest BCUT2D eigenvalue weighted by Crippen LogP contribution is -2.43. The zero-order chi connectivity index (χ0) is 10.3. The summed E-state index contributed by atoms with van der Waals surface area (Å²) in [6, 6.07) is 5.97. The molecule has 15 heavy (non-hydrogen) atoms. The van der Waals surface area contributed by atoms with Gasteiger partial charge in [0.15, 0.2) is 0 Å². The maximum absolute atomic E-state index is 4.24. The Morgan fingerprint density at radius 1 is 1.33 bits per heavy atom. The summed E-state index contributed by atoms with van der Waals surface area (Å²) in [6.07, 6.45) is 6.10. The third-order valence-corrected chi connectivity index (χ3v) is 2.55. The van der Waals surface area contributed by atoms with Crippen LogP contribution < -0.4 is 5.32 Å². The summed E-state index contributed by atoms with van der Waals surface area (Å²) in [7, 11) is 0. The average Bonchev–Trinajstić information content (AvgIpc) is 2.32. The van der Waals surface area contributed by atoms with Crippen LogP contribution in [0.5, 0.6) is 0 Å². The Bertz CT molecular complexity index is 302. The first-order valence-electron chi connectivity index (χ1n) is 5.46. The van der Waals surface area contributed by atoms with Gasteiger partial charge in [0, 0.05) is 38.9 Å². The van der Waals surface area contributed by atoms with Crippen molar-refractivity contribution in [2.75, 3.05) is 32.7 Å². The van der Waals surface area contributed by atoms with Gasteiger partial charge in [0.2, 0.25) is 0 Å². The molecule has 0 atom stereocenters. The third-order valence-electron chi connectivity index (χ3n) is 2.55. The molecule has 0 radical (unpaired) electrons.